The first-order valence-electron chi connectivity index (χ1n) is 7.89. The molecule has 1 aliphatic rings. The zero-order valence-electron chi connectivity index (χ0n) is 13.1. The number of hydrogen-bond donors (Lipinski definition) is 3. The average molecular weight is 314 g/mol. The van der Waals surface area contributed by atoms with Crippen molar-refractivity contribution in [3.63, 3.8) is 0 Å². The molecule has 24 heavy (non-hydrogen) atoms. The zero-order chi connectivity index (χ0) is 16.2. The van der Waals surface area contributed by atoms with Crippen LogP contribution in [0, 0.1) is 0 Å². The summed E-state index contributed by atoms with van der Waals surface area (Å²) in [5.41, 5.74) is 15.0. The molecule has 4 heteroatoms. The van der Waals surface area contributed by atoms with Crippen LogP contribution in [0.3, 0.4) is 0 Å². The van der Waals surface area contributed by atoms with Gasteiger partial charge in [0.05, 0.1) is 11.9 Å². The number of benzene rings is 3. The summed E-state index contributed by atoms with van der Waals surface area (Å²) in [5, 5.41) is 1.78. The third-order valence-electron chi connectivity index (χ3n) is 3.94. The summed E-state index contributed by atoms with van der Waals surface area (Å²) >= 11 is 0. The average Bonchev–Trinajstić information content (AvgIpc) is 3.17. The highest BCUT2D eigenvalue weighted by Crippen LogP contribution is 2.33. The minimum atomic E-state index is 1.03. The third-order valence-corrected chi connectivity index (χ3v) is 3.94. The predicted molar refractivity (Wildman–Crippen MR) is 98.2 cm³/mol. The molecule has 0 radical (unpaired) electrons. The first-order valence-corrected chi connectivity index (χ1v) is 7.89. The Morgan fingerprint density at radius 2 is 1.42 bits per heavy atom. The quantitative estimate of drug-likeness (QED) is 0.677. The van der Waals surface area contributed by atoms with E-state index < -0.39 is 0 Å². The fourth-order valence-corrected chi connectivity index (χ4v) is 2.76. The predicted octanol–water partition coefficient (Wildman–Crippen LogP) is 4.14. The molecule has 0 amide bonds. The SMILES string of the molecule is C1=CN(Nc2ccc(-c3ccccc3)cc2-c2ccccc2)NN1. The summed E-state index contributed by atoms with van der Waals surface area (Å²) in [6.45, 7) is 0. The van der Waals surface area contributed by atoms with Gasteiger partial charge in [-0.25, -0.2) is 5.12 Å². The van der Waals surface area contributed by atoms with Gasteiger partial charge in [-0.3, -0.25) is 5.43 Å². The van der Waals surface area contributed by atoms with Gasteiger partial charge < -0.3 is 5.43 Å². The first-order chi connectivity index (χ1) is 11.9. The molecule has 0 saturated carbocycles. The summed E-state index contributed by atoms with van der Waals surface area (Å²) in [5.74, 6) is 0. The Balaban J connectivity index is 1.77. The van der Waals surface area contributed by atoms with Gasteiger partial charge >= 0.3 is 0 Å². The van der Waals surface area contributed by atoms with Crippen LogP contribution in [0.25, 0.3) is 22.3 Å². The number of rotatable bonds is 4. The van der Waals surface area contributed by atoms with Crippen LogP contribution in [0.2, 0.25) is 0 Å². The van der Waals surface area contributed by atoms with Crippen LogP contribution < -0.4 is 16.4 Å². The lowest BCUT2D eigenvalue weighted by atomic mass is 9.97. The summed E-state index contributed by atoms with van der Waals surface area (Å²) in [7, 11) is 0. The van der Waals surface area contributed by atoms with Gasteiger partial charge in [0.1, 0.15) is 0 Å². The van der Waals surface area contributed by atoms with Gasteiger partial charge in [-0.15, -0.1) is 5.53 Å². The van der Waals surface area contributed by atoms with Crippen molar-refractivity contribution in [2.45, 2.75) is 0 Å². The van der Waals surface area contributed by atoms with E-state index in [0.29, 0.717) is 0 Å². The van der Waals surface area contributed by atoms with E-state index in [9.17, 15) is 0 Å². The summed E-state index contributed by atoms with van der Waals surface area (Å²) < 4.78 is 0. The van der Waals surface area contributed by atoms with Gasteiger partial charge in [0, 0.05) is 11.8 Å². The molecule has 1 heterocycles. The molecule has 1 aliphatic heterocycles. The van der Waals surface area contributed by atoms with E-state index in [4.69, 9.17) is 0 Å². The lowest BCUT2D eigenvalue weighted by Crippen LogP contribution is -2.39. The maximum absolute atomic E-state index is 3.36. The largest absolute Gasteiger partial charge is 0.308 e. The Kier molecular flexibility index (Phi) is 3.88. The number of hydrogen-bond acceptors (Lipinski definition) is 4. The molecule has 0 bridgehead atoms. The number of hydrazine groups is 3. The fourth-order valence-electron chi connectivity index (χ4n) is 2.76. The van der Waals surface area contributed by atoms with Crippen LogP contribution in [0.4, 0.5) is 5.69 Å². The lowest BCUT2D eigenvalue weighted by molar-refractivity contribution is 0.324. The summed E-state index contributed by atoms with van der Waals surface area (Å²) in [6, 6.07) is 27.3. The summed E-state index contributed by atoms with van der Waals surface area (Å²) in [6.07, 6.45) is 3.72. The zero-order valence-corrected chi connectivity index (χ0v) is 13.1. The second-order valence-corrected chi connectivity index (χ2v) is 5.55. The van der Waals surface area contributed by atoms with E-state index in [1.54, 1.807) is 5.12 Å². The van der Waals surface area contributed by atoms with Crippen molar-refractivity contribution >= 4 is 5.69 Å². The van der Waals surface area contributed by atoms with Gasteiger partial charge in [0.25, 0.3) is 0 Å². The van der Waals surface area contributed by atoms with E-state index in [2.05, 4.69) is 83.1 Å². The number of nitrogens with one attached hydrogen (secondary N) is 3. The van der Waals surface area contributed by atoms with Gasteiger partial charge in [-0.2, -0.15) is 0 Å². The van der Waals surface area contributed by atoms with Crippen molar-refractivity contribution in [2.75, 3.05) is 5.43 Å². The van der Waals surface area contributed by atoms with Crippen molar-refractivity contribution in [2.24, 2.45) is 0 Å². The Bertz CT molecular complexity index is 844. The molecule has 118 valence electrons. The smallest absolute Gasteiger partial charge is 0.0636 e. The maximum Gasteiger partial charge on any atom is 0.0636 e. The molecule has 0 spiro atoms. The Morgan fingerprint density at radius 1 is 0.708 bits per heavy atom. The van der Waals surface area contributed by atoms with Crippen molar-refractivity contribution in [3.8, 4) is 22.3 Å². The van der Waals surface area contributed by atoms with E-state index in [-0.39, 0.29) is 0 Å². The molecule has 3 aromatic rings. The van der Waals surface area contributed by atoms with Crippen LogP contribution in [0.5, 0.6) is 0 Å². The molecule has 0 saturated heterocycles. The van der Waals surface area contributed by atoms with Gasteiger partial charge in [-0.05, 0) is 28.8 Å². The number of anilines is 1. The van der Waals surface area contributed by atoms with E-state index >= 15 is 0 Å². The molecule has 0 atom stereocenters. The lowest BCUT2D eigenvalue weighted by Gasteiger charge is -2.21. The topological polar surface area (TPSA) is 39.3 Å². The molecule has 0 aliphatic carbocycles. The molecule has 3 N–H and O–H groups in total. The van der Waals surface area contributed by atoms with E-state index in [1.165, 1.54) is 16.7 Å². The molecular weight excluding hydrogens is 296 g/mol. The molecule has 4 nitrogen and oxygen atoms in total. The molecule has 0 fully saturated rings. The van der Waals surface area contributed by atoms with Crippen LogP contribution in [0.15, 0.2) is 91.3 Å². The van der Waals surface area contributed by atoms with Gasteiger partial charge in [0.15, 0.2) is 0 Å². The Morgan fingerprint density at radius 3 is 2.08 bits per heavy atom. The highest BCUT2D eigenvalue weighted by atomic mass is 15.8. The molecule has 0 aromatic heterocycles. The van der Waals surface area contributed by atoms with E-state index in [0.717, 1.165) is 11.3 Å². The fraction of sp³-hybridized carbons (Fsp3) is 0. The minimum Gasteiger partial charge on any atom is -0.308 e. The van der Waals surface area contributed by atoms with Crippen molar-refractivity contribution < 1.29 is 0 Å². The Labute approximate surface area is 141 Å². The molecular formula is C20H18N4. The second-order valence-electron chi connectivity index (χ2n) is 5.55. The second kappa shape index (κ2) is 6.48. The minimum absolute atomic E-state index is 1.03. The van der Waals surface area contributed by atoms with Gasteiger partial charge in [-0.1, -0.05) is 66.7 Å². The van der Waals surface area contributed by atoms with Crippen molar-refractivity contribution in [1.82, 2.24) is 16.1 Å². The first kappa shape index (κ1) is 14.4. The molecule has 3 aromatic carbocycles. The highest BCUT2D eigenvalue weighted by molar-refractivity contribution is 5.82. The van der Waals surface area contributed by atoms with Crippen LogP contribution in [-0.4, -0.2) is 5.12 Å². The third kappa shape index (κ3) is 2.95. The number of nitrogens with zero attached hydrogens (tertiary/aromatic N) is 1. The Hall–Kier alpha value is -3.24. The highest BCUT2D eigenvalue weighted by Gasteiger charge is 2.10. The van der Waals surface area contributed by atoms with E-state index in [1.807, 2.05) is 24.5 Å². The van der Waals surface area contributed by atoms with Crippen LogP contribution in [-0.2, 0) is 0 Å². The van der Waals surface area contributed by atoms with Crippen molar-refractivity contribution in [3.05, 3.63) is 91.3 Å². The van der Waals surface area contributed by atoms with Crippen molar-refractivity contribution in [1.29, 1.82) is 0 Å². The normalized spacial score (nSPS) is 12.9. The summed E-state index contributed by atoms with van der Waals surface area (Å²) in [4.78, 5) is 0. The maximum atomic E-state index is 3.36. The van der Waals surface area contributed by atoms with Gasteiger partial charge in [0.2, 0.25) is 0 Å². The van der Waals surface area contributed by atoms with Crippen LogP contribution >= 0.6 is 0 Å². The molecule has 4 rings (SSSR count). The standard InChI is InChI=1S/C20H18N4/c1-3-7-16(8-4-1)18-11-12-20(22-24-14-13-21-23-24)19(15-18)17-9-5-2-6-10-17/h1-15,21-23H. The molecule has 0 unspecified atom stereocenters. The monoisotopic (exact) mass is 314 g/mol. The van der Waals surface area contributed by atoms with Crippen LogP contribution in [0.1, 0.15) is 0 Å².